The van der Waals surface area contributed by atoms with Gasteiger partial charge in [0.25, 0.3) is 5.91 Å². The number of aryl methyl sites for hydroxylation is 2. The second-order valence-corrected chi connectivity index (χ2v) is 7.74. The van der Waals surface area contributed by atoms with Gasteiger partial charge in [-0.05, 0) is 47.7 Å². The molecular formula is C24H19ClN4O. The summed E-state index contributed by atoms with van der Waals surface area (Å²) < 4.78 is 0. The number of halogens is 1. The van der Waals surface area contributed by atoms with Crippen LogP contribution in [0.25, 0.3) is 22.5 Å². The fourth-order valence-electron chi connectivity index (χ4n) is 3.94. The predicted molar refractivity (Wildman–Crippen MR) is 117 cm³/mol. The minimum absolute atomic E-state index is 0.232. The molecule has 1 amide bonds. The van der Waals surface area contributed by atoms with E-state index in [2.05, 4.69) is 26.6 Å². The first-order valence-electron chi connectivity index (χ1n) is 9.84. The summed E-state index contributed by atoms with van der Waals surface area (Å²) in [6, 6.07) is 19.6. The lowest BCUT2D eigenvalue weighted by atomic mass is 9.89. The number of hydrogen-bond donors (Lipinski definition) is 2. The van der Waals surface area contributed by atoms with Crippen molar-refractivity contribution in [3.05, 3.63) is 94.3 Å². The molecule has 1 aliphatic carbocycles. The van der Waals surface area contributed by atoms with Crippen LogP contribution in [-0.2, 0) is 19.4 Å². The number of pyridine rings is 1. The molecule has 5 rings (SSSR count). The van der Waals surface area contributed by atoms with Gasteiger partial charge in [0, 0.05) is 23.3 Å². The smallest absolute Gasteiger partial charge is 0.272 e. The van der Waals surface area contributed by atoms with Gasteiger partial charge in [0.1, 0.15) is 0 Å². The fraction of sp³-hybridized carbons (Fsp3) is 0.125. The Bertz CT molecular complexity index is 1230. The van der Waals surface area contributed by atoms with Crippen molar-refractivity contribution in [2.75, 3.05) is 0 Å². The van der Waals surface area contributed by atoms with Gasteiger partial charge in [0.05, 0.1) is 17.0 Å². The molecule has 2 heterocycles. The van der Waals surface area contributed by atoms with E-state index in [9.17, 15) is 4.79 Å². The van der Waals surface area contributed by atoms with Crippen LogP contribution in [0.5, 0.6) is 0 Å². The van der Waals surface area contributed by atoms with Crippen LogP contribution in [0.1, 0.15) is 27.2 Å². The number of nitrogens with zero attached hydrogens (tertiary/aromatic N) is 2. The normalized spacial score (nSPS) is 12.2. The average molecular weight is 415 g/mol. The number of carbonyl (C=O) groups excluding carboxylic acids is 1. The van der Waals surface area contributed by atoms with E-state index in [4.69, 9.17) is 11.6 Å². The molecule has 2 N–H and O–H groups in total. The SMILES string of the molecule is O=C(NCc1ccccc1)c1n[nH]c2c1-c1ncccc1CCc1cc(Cl)ccc1-2. The molecule has 0 radical (unpaired) electrons. The Morgan fingerprint density at radius 3 is 2.73 bits per heavy atom. The van der Waals surface area contributed by atoms with Crippen LogP contribution < -0.4 is 5.32 Å². The number of aromatic nitrogens is 3. The van der Waals surface area contributed by atoms with Crippen LogP contribution in [0.3, 0.4) is 0 Å². The van der Waals surface area contributed by atoms with E-state index in [1.807, 2.05) is 54.6 Å². The van der Waals surface area contributed by atoms with Crippen molar-refractivity contribution < 1.29 is 4.79 Å². The van der Waals surface area contributed by atoms with Crippen molar-refractivity contribution in [1.82, 2.24) is 20.5 Å². The zero-order valence-corrected chi connectivity index (χ0v) is 16.9. The van der Waals surface area contributed by atoms with Gasteiger partial charge < -0.3 is 5.32 Å². The summed E-state index contributed by atoms with van der Waals surface area (Å²) in [6.07, 6.45) is 3.40. The molecule has 0 atom stereocenters. The number of aromatic amines is 1. The first kappa shape index (κ1) is 18.6. The van der Waals surface area contributed by atoms with Gasteiger partial charge in [-0.2, -0.15) is 5.10 Å². The topological polar surface area (TPSA) is 70.7 Å². The fourth-order valence-corrected chi connectivity index (χ4v) is 4.14. The molecule has 30 heavy (non-hydrogen) atoms. The summed E-state index contributed by atoms with van der Waals surface area (Å²) in [7, 11) is 0. The van der Waals surface area contributed by atoms with Gasteiger partial charge >= 0.3 is 0 Å². The minimum Gasteiger partial charge on any atom is -0.347 e. The van der Waals surface area contributed by atoms with Crippen molar-refractivity contribution in [3.8, 4) is 22.5 Å². The second kappa shape index (κ2) is 7.76. The first-order valence-corrected chi connectivity index (χ1v) is 10.2. The number of rotatable bonds is 3. The molecule has 0 fully saturated rings. The Kier molecular flexibility index (Phi) is 4.81. The molecule has 5 nitrogen and oxygen atoms in total. The van der Waals surface area contributed by atoms with E-state index in [1.165, 1.54) is 0 Å². The summed E-state index contributed by atoms with van der Waals surface area (Å²) in [5.41, 5.74) is 6.92. The van der Waals surface area contributed by atoms with Crippen molar-refractivity contribution in [1.29, 1.82) is 0 Å². The molecule has 1 aliphatic rings. The zero-order chi connectivity index (χ0) is 20.5. The standard InChI is InChI=1S/C24H19ClN4O/c25-18-10-11-19-17(13-18)9-8-16-7-4-12-26-21(16)20-22(19)28-29-23(20)24(30)27-14-15-5-2-1-3-6-15/h1-7,10-13H,8-9,14H2,(H,27,30)(H,28,29). The highest BCUT2D eigenvalue weighted by molar-refractivity contribution is 6.30. The van der Waals surface area contributed by atoms with Crippen molar-refractivity contribution >= 4 is 17.5 Å². The summed E-state index contributed by atoms with van der Waals surface area (Å²) >= 11 is 6.25. The lowest BCUT2D eigenvalue weighted by Crippen LogP contribution is -2.24. The average Bonchev–Trinajstić information content (AvgIpc) is 3.20. The number of hydrogen-bond acceptors (Lipinski definition) is 3. The van der Waals surface area contributed by atoms with Crippen LogP contribution in [0, 0.1) is 0 Å². The lowest BCUT2D eigenvalue weighted by Gasteiger charge is -2.17. The van der Waals surface area contributed by atoms with Gasteiger partial charge in [-0.15, -0.1) is 0 Å². The highest BCUT2D eigenvalue weighted by atomic mass is 35.5. The molecule has 0 aliphatic heterocycles. The van der Waals surface area contributed by atoms with Crippen molar-refractivity contribution in [3.63, 3.8) is 0 Å². The quantitative estimate of drug-likeness (QED) is 0.504. The third-order valence-corrected chi connectivity index (χ3v) is 5.64. The summed E-state index contributed by atoms with van der Waals surface area (Å²) in [5, 5.41) is 11.2. The molecule has 2 aromatic carbocycles. The highest BCUT2D eigenvalue weighted by Crippen LogP contribution is 2.39. The van der Waals surface area contributed by atoms with Crippen LogP contribution in [0.15, 0.2) is 66.9 Å². The molecule has 0 unspecified atom stereocenters. The van der Waals surface area contributed by atoms with E-state index < -0.39 is 0 Å². The number of benzene rings is 2. The van der Waals surface area contributed by atoms with Crippen molar-refractivity contribution in [2.24, 2.45) is 0 Å². The maximum absolute atomic E-state index is 13.1. The summed E-state index contributed by atoms with van der Waals surface area (Å²) in [5.74, 6) is -0.232. The van der Waals surface area contributed by atoms with E-state index in [1.54, 1.807) is 6.20 Å². The Morgan fingerprint density at radius 1 is 1.03 bits per heavy atom. The van der Waals surface area contributed by atoms with Gasteiger partial charge in [0.2, 0.25) is 0 Å². The Balaban J connectivity index is 1.60. The van der Waals surface area contributed by atoms with Gasteiger partial charge in [-0.25, -0.2) is 0 Å². The Hall–Kier alpha value is -3.44. The zero-order valence-electron chi connectivity index (χ0n) is 16.2. The lowest BCUT2D eigenvalue weighted by molar-refractivity contribution is 0.0946. The van der Waals surface area contributed by atoms with Gasteiger partial charge in [-0.1, -0.05) is 54.1 Å². The largest absolute Gasteiger partial charge is 0.347 e. The first-order chi connectivity index (χ1) is 14.7. The van der Waals surface area contributed by atoms with Crippen LogP contribution in [0.4, 0.5) is 0 Å². The number of nitrogens with one attached hydrogen (secondary N) is 2. The summed E-state index contributed by atoms with van der Waals surface area (Å²) in [6.45, 7) is 0.433. The Morgan fingerprint density at radius 2 is 1.87 bits per heavy atom. The van der Waals surface area contributed by atoms with Crippen LogP contribution >= 0.6 is 11.6 Å². The Labute approximate surface area is 179 Å². The van der Waals surface area contributed by atoms with Crippen LogP contribution in [-0.4, -0.2) is 21.1 Å². The number of fused-ring (bicyclic) bond motifs is 5. The summed E-state index contributed by atoms with van der Waals surface area (Å²) in [4.78, 5) is 17.7. The molecule has 2 aromatic heterocycles. The van der Waals surface area contributed by atoms with E-state index in [0.29, 0.717) is 17.3 Å². The van der Waals surface area contributed by atoms with E-state index >= 15 is 0 Å². The molecule has 0 spiro atoms. The predicted octanol–water partition coefficient (Wildman–Crippen LogP) is 4.82. The molecule has 0 bridgehead atoms. The third-order valence-electron chi connectivity index (χ3n) is 5.41. The molecule has 4 aromatic rings. The molecule has 6 heteroatoms. The number of amides is 1. The minimum atomic E-state index is -0.232. The molecule has 148 valence electrons. The second-order valence-electron chi connectivity index (χ2n) is 7.30. The van der Waals surface area contributed by atoms with Crippen LogP contribution in [0.2, 0.25) is 5.02 Å². The number of H-pyrrole nitrogens is 1. The third kappa shape index (κ3) is 3.37. The molecule has 0 saturated carbocycles. The van der Waals surface area contributed by atoms with E-state index in [0.717, 1.165) is 52.0 Å². The molecular weight excluding hydrogens is 396 g/mol. The van der Waals surface area contributed by atoms with Gasteiger partial charge in [-0.3, -0.25) is 14.9 Å². The highest BCUT2D eigenvalue weighted by Gasteiger charge is 2.27. The monoisotopic (exact) mass is 414 g/mol. The maximum Gasteiger partial charge on any atom is 0.272 e. The van der Waals surface area contributed by atoms with Gasteiger partial charge in [0.15, 0.2) is 5.69 Å². The maximum atomic E-state index is 13.1. The van der Waals surface area contributed by atoms with Crippen molar-refractivity contribution in [2.45, 2.75) is 19.4 Å². The van der Waals surface area contributed by atoms with E-state index in [-0.39, 0.29) is 5.91 Å². The number of carbonyl (C=O) groups is 1. The molecule has 0 saturated heterocycles.